The Morgan fingerprint density at radius 2 is 2.06 bits per heavy atom. The van der Waals surface area contributed by atoms with E-state index >= 15 is 0 Å². The Kier molecular flexibility index (Phi) is 5.67. The SMILES string of the molecule is CCC1(CC)CC(=O)N(C[C@@H]2C[C@H]2C(=O)NC2CC(C)(C)Oc3ccc(F)cc32)C(N)=N1. The number of carbonyl (C=O) groups is 2. The van der Waals surface area contributed by atoms with Crippen molar-refractivity contribution in [3.8, 4) is 5.75 Å². The molecule has 1 aliphatic carbocycles. The molecule has 2 aliphatic heterocycles. The molecule has 1 saturated carbocycles. The Bertz CT molecular complexity index is 957. The summed E-state index contributed by atoms with van der Waals surface area (Å²) in [6.45, 7) is 8.35. The number of benzene rings is 1. The van der Waals surface area contributed by atoms with Gasteiger partial charge in [0.05, 0.1) is 18.0 Å². The second kappa shape index (κ2) is 8.05. The second-order valence-corrected chi connectivity index (χ2v) is 9.99. The first-order valence-electron chi connectivity index (χ1n) is 11.5. The van der Waals surface area contributed by atoms with Gasteiger partial charge in [0.25, 0.3) is 0 Å². The lowest BCUT2D eigenvalue weighted by molar-refractivity contribution is -0.130. The van der Waals surface area contributed by atoms with Crippen LogP contribution < -0.4 is 15.8 Å². The summed E-state index contributed by atoms with van der Waals surface area (Å²) in [7, 11) is 0. The average molecular weight is 445 g/mol. The highest BCUT2D eigenvalue weighted by Gasteiger charge is 2.48. The molecular weight excluding hydrogens is 411 g/mol. The second-order valence-electron chi connectivity index (χ2n) is 9.99. The van der Waals surface area contributed by atoms with Crippen LogP contribution in [-0.2, 0) is 9.59 Å². The number of ether oxygens (including phenoxy) is 1. The van der Waals surface area contributed by atoms with Gasteiger partial charge in [-0.25, -0.2) is 9.38 Å². The third kappa shape index (κ3) is 4.32. The molecule has 2 amide bonds. The molecular formula is C24H33FN4O3. The first-order chi connectivity index (χ1) is 15.1. The monoisotopic (exact) mass is 444 g/mol. The van der Waals surface area contributed by atoms with Gasteiger partial charge in [0.2, 0.25) is 11.8 Å². The van der Waals surface area contributed by atoms with Gasteiger partial charge in [-0.3, -0.25) is 14.5 Å². The highest BCUT2D eigenvalue weighted by atomic mass is 19.1. The number of aliphatic imine (C=N–C) groups is 1. The molecule has 0 saturated heterocycles. The Morgan fingerprint density at radius 3 is 2.72 bits per heavy atom. The molecule has 1 aromatic rings. The molecule has 1 fully saturated rings. The zero-order valence-corrected chi connectivity index (χ0v) is 19.3. The number of amides is 2. The number of nitrogens with one attached hydrogen (secondary N) is 1. The van der Waals surface area contributed by atoms with Gasteiger partial charge in [-0.15, -0.1) is 0 Å². The number of nitrogens with two attached hydrogens (primary N) is 1. The minimum absolute atomic E-state index is 0.0251. The van der Waals surface area contributed by atoms with Gasteiger partial charge in [-0.05, 0) is 57.2 Å². The summed E-state index contributed by atoms with van der Waals surface area (Å²) >= 11 is 0. The largest absolute Gasteiger partial charge is 0.487 e. The minimum atomic E-state index is -0.470. The van der Waals surface area contributed by atoms with Crippen LogP contribution in [-0.4, -0.2) is 40.4 Å². The lowest BCUT2D eigenvalue weighted by Crippen LogP contribution is -2.52. The van der Waals surface area contributed by atoms with Crippen LogP contribution in [0.2, 0.25) is 0 Å². The van der Waals surface area contributed by atoms with E-state index in [9.17, 15) is 14.0 Å². The van der Waals surface area contributed by atoms with E-state index in [-0.39, 0.29) is 41.5 Å². The summed E-state index contributed by atoms with van der Waals surface area (Å²) in [6, 6.07) is 4.08. The third-order valence-corrected chi connectivity index (χ3v) is 7.15. The quantitative estimate of drug-likeness (QED) is 0.704. The minimum Gasteiger partial charge on any atom is -0.487 e. The van der Waals surface area contributed by atoms with Crippen molar-refractivity contribution in [2.75, 3.05) is 6.54 Å². The van der Waals surface area contributed by atoms with Crippen molar-refractivity contribution >= 4 is 17.8 Å². The van der Waals surface area contributed by atoms with Crippen LogP contribution in [0.3, 0.4) is 0 Å². The zero-order chi connectivity index (χ0) is 23.3. The van der Waals surface area contributed by atoms with Crippen LogP contribution in [0.1, 0.15) is 71.4 Å². The summed E-state index contributed by atoms with van der Waals surface area (Å²) < 4.78 is 19.8. The van der Waals surface area contributed by atoms with Crippen LogP contribution in [0, 0.1) is 17.7 Å². The topological polar surface area (TPSA) is 97.0 Å². The Labute approximate surface area is 188 Å². The predicted octanol–water partition coefficient (Wildman–Crippen LogP) is 3.29. The normalized spacial score (nSPS) is 27.8. The molecule has 1 aromatic carbocycles. The van der Waals surface area contributed by atoms with Gasteiger partial charge in [0.1, 0.15) is 17.2 Å². The number of hydrogen-bond donors (Lipinski definition) is 2. The van der Waals surface area contributed by atoms with Crippen molar-refractivity contribution in [3.63, 3.8) is 0 Å². The molecule has 1 unspecified atom stereocenters. The van der Waals surface area contributed by atoms with Crippen molar-refractivity contribution < 1.29 is 18.7 Å². The molecule has 2 heterocycles. The highest BCUT2D eigenvalue weighted by molar-refractivity contribution is 5.99. The molecule has 0 aromatic heterocycles. The van der Waals surface area contributed by atoms with Crippen molar-refractivity contribution in [1.29, 1.82) is 0 Å². The van der Waals surface area contributed by atoms with E-state index in [2.05, 4.69) is 10.3 Å². The molecule has 3 N–H and O–H groups in total. The highest BCUT2D eigenvalue weighted by Crippen LogP contribution is 2.43. The van der Waals surface area contributed by atoms with Gasteiger partial charge in [-0.1, -0.05) is 13.8 Å². The van der Waals surface area contributed by atoms with Crippen LogP contribution in [0.5, 0.6) is 5.75 Å². The van der Waals surface area contributed by atoms with E-state index in [0.717, 1.165) is 12.8 Å². The fourth-order valence-corrected chi connectivity index (χ4v) is 4.94. The molecule has 4 rings (SSSR count). The van der Waals surface area contributed by atoms with Crippen LogP contribution in [0.4, 0.5) is 4.39 Å². The van der Waals surface area contributed by atoms with E-state index < -0.39 is 11.1 Å². The van der Waals surface area contributed by atoms with Crippen LogP contribution in [0.25, 0.3) is 0 Å². The maximum Gasteiger partial charge on any atom is 0.231 e. The van der Waals surface area contributed by atoms with E-state index in [0.29, 0.717) is 37.1 Å². The molecule has 0 spiro atoms. The molecule has 3 aliphatic rings. The molecule has 7 nitrogen and oxygen atoms in total. The summed E-state index contributed by atoms with van der Waals surface area (Å²) in [6.07, 6.45) is 3.12. The standard InChI is InChI=1S/C24H33FN4O3/c1-5-24(6-2)12-20(30)29(22(26)28-24)13-14-9-16(14)21(31)27-18-11-23(3,4)32-19-8-7-15(25)10-17(18)19/h7-8,10,14,16,18H,5-6,9,11-13H2,1-4H3,(H2,26,28)(H,27,31)/t14-,16+,18?/m0/s1. The molecule has 0 radical (unpaired) electrons. The van der Waals surface area contributed by atoms with E-state index in [1.54, 1.807) is 6.07 Å². The number of hydrogen-bond acceptors (Lipinski definition) is 5. The van der Waals surface area contributed by atoms with Crippen LogP contribution >= 0.6 is 0 Å². The Morgan fingerprint density at radius 1 is 1.34 bits per heavy atom. The number of halogens is 1. The maximum atomic E-state index is 13.8. The maximum absolute atomic E-state index is 13.8. The van der Waals surface area contributed by atoms with Crippen LogP contribution in [0.15, 0.2) is 23.2 Å². The van der Waals surface area contributed by atoms with Crippen molar-refractivity contribution in [1.82, 2.24) is 10.2 Å². The summed E-state index contributed by atoms with van der Waals surface area (Å²) in [5.74, 6) is 0.243. The van der Waals surface area contributed by atoms with Gasteiger partial charge in [-0.2, -0.15) is 0 Å². The van der Waals surface area contributed by atoms with E-state index in [1.807, 2.05) is 27.7 Å². The lowest BCUT2D eigenvalue weighted by atomic mass is 9.88. The number of carbonyl (C=O) groups excluding carboxylic acids is 2. The molecule has 174 valence electrons. The smallest absolute Gasteiger partial charge is 0.231 e. The van der Waals surface area contributed by atoms with Crippen molar-refractivity contribution in [2.24, 2.45) is 22.6 Å². The molecule has 3 atom stereocenters. The fourth-order valence-electron chi connectivity index (χ4n) is 4.94. The fraction of sp³-hybridized carbons (Fsp3) is 0.625. The summed E-state index contributed by atoms with van der Waals surface area (Å²) in [5, 5.41) is 3.09. The number of guanidine groups is 1. The molecule has 0 bridgehead atoms. The van der Waals surface area contributed by atoms with Crippen molar-refractivity contribution in [2.45, 2.75) is 77.0 Å². The van der Waals surface area contributed by atoms with Crippen molar-refractivity contribution in [3.05, 3.63) is 29.6 Å². The number of fused-ring (bicyclic) bond motifs is 1. The van der Waals surface area contributed by atoms with Gasteiger partial charge < -0.3 is 15.8 Å². The zero-order valence-electron chi connectivity index (χ0n) is 19.3. The Balaban J connectivity index is 1.41. The van der Waals surface area contributed by atoms with Gasteiger partial charge in [0, 0.05) is 24.4 Å². The first-order valence-corrected chi connectivity index (χ1v) is 11.5. The van der Waals surface area contributed by atoms with E-state index in [4.69, 9.17) is 10.5 Å². The van der Waals surface area contributed by atoms with E-state index in [1.165, 1.54) is 17.0 Å². The van der Waals surface area contributed by atoms with Gasteiger partial charge >= 0.3 is 0 Å². The lowest BCUT2D eigenvalue weighted by Gasteiger charge is -2.38. The number of nitrogens with zero attached hydrogens (tertiary/aromatic N) is 2. The molecule has 32 heavy (non-hydrogen) atoms. The predicted molar refractivity (Wildman–Crippen MR) is 119 cm³/mol. The average Bonchev–Trinajstić information content (AvgIpc) is 3.50. The summed E-state index contributed by atoms with van der Waals surface area (Å²) in [4.78, 5) is 31.9. The Hall–Kier alpha value is -2.64. The molecule has 8 heteroatoms. The number of rotatable bonds is 6. The summed E-state index contributed by atoms with van der Waals surface area (Å²) in [5.41, 5.74) is 5.93. The first kappa shape index (κ1) is 22.6. The third-order valence-electron chi connectivity index (χ3n) is 7.15. The van der Waals surface area contributed by atoms with Gasteiger partial charge in [0.15, 0.2) is 5.96 Å².